The Labute approximate surface area is 113 Å². The van der Waals surface area contributed by atoms with E-state index in [9.17, 15) is 0 Å². The van der Waals surface area contributed by atoms with Crippen molar-refractivity contribution in [1.29, 1.82) is 0 Å². The van der Waals surface area contributed by atoms with Gasteiger partial charge >= 0.3 is 0 Å². The topological polar surface area (TPSA) is 47.1 Å². The number of rotatable bonds is 3. The molecule has 0 bridgehead atoms. The van der Waals surface area contributed by atoms with E-state index in [0.717, 1.165) is 13.1 Å². The quantitative estimate of drug-likeness (QED) is 0.910. The second-order valence-electron chi connectivity index (χ2n) is 5.23. The third kappa shape index (κ3) is 2.07. The molecular formula is C15H20N4. The average Bonchev–Trinajstić information content (AvgIpc) is 2.98. The molecule has 100 valence electrons. The third-order valence-electron chi connectivity index (χ3n) is 4.16. The summed E-state index contributed by atoms with van der Waals surface area (Å²) in [5, 5.41) is 4.34. The number of hydrogen-bond acceptors (Lipinski definition) is 3. The van der Waals surface area contributed by atoms with Crippen molar-refractivity contribution in [2.75, 3.05) is 6.54 Å². The molecule has 1 atom stereocenters. The van der Waals surface area contributed by atoms with Crippen LogP contribution in [0.2, 0.25) is 0 Å². The second-order valence-corrected chi connectivity index (χ2v) is 5.23. The van der Waals surface area contributed by atoms with E-state index in [4.69, 9.17) is 5.73 Å². The van der Waals surface area contributed by atoms with Gasteiger partial charge in [-0.25, -0.2) is 0 Å². The van der Waals surface area contributed by atoms with Crippen molar-refractivity contribution in [3.8, 4) is 0 Å². The number of hydrogen-bond donors (Lipinski definition) is 1. The molecule has 0 radical (unpaired) electrons. The Balaban J connectivity index is 1.88. The normalized spacial score (nSPS) is 16.6. The predicted molar refractivity (Wildman–Crippen MR) is 75.4 cm³/mol. The zero-order valence-corrected chi connectivity index (χ0v) is 11.5. The van der Waals surface area contributed by atoms with Gasteiger partial charge < -0.3 is 5.73 Å². The summed E-state index contributed by atoms with van der Waals surface area (Å²) in [6.07, 6.45) is 1.95. The fourth-order valence-electron chi connectivity index (χ4n) is 2.90. The predicted octanol–water partition coefficient (Wildman–Crippen LogP) is 1.74. The van der Waals surface area contributed by atoms with Crippen molar-refractivity contribution in [1.82, 2.24) is 14.7 Å². The molecular weight excluding hydrogens is 236 g/mol. The van der Waals surface area contributed by atoms with E-state index in [-0.39, 0.29) is 6.04 Å². The molecule has 3 rings (SSSR count). The Morgan fingerprint density at radius 2 is 1.89 bits per heavy atom. The molecule has 1 aromatic heterocycles. The Hall–Kier alpha value is -1.65. The minimum absolute atomic E-state index is 0.251. The van der Waals surface area contributed by atoms with Crippen LogP contribution in [0, 0.1) is 6.92 Å². The maximum absolute atomic E-state index is 6.02. The van der Waals surface area contributed by atoms with E-state index in [1.807, 2.05) is 17.9 Å². The van der Waals surface area contributed by atoms with E-state index in [1.54, 1.807) is 0 Å². The van der Waals surface area contributed by atoms with Crippen molar-refractivity contribution in [2.24, 2.45) is 12.8 Å². The Kier molecular flexibility index (Phi) is 3.12. The van der Waals surface area contributed by atoms with E-state index in [1.165, 1.54) is 22.4 Å². The van der Waals surface area contributed by atoms with Gasteiger partial charge in [-0.05, 0) is 18.1 Å². The van der Waals surface area contributed by atoms with Gasteiger partial charge in [0.05, 0.1) is 12.2 Å². The van der Waals surface area contributed by atoms with Gasteiger partial charge in [0.2, 0.25) is 0 Å². The number of fused-ring (bicyclic) bond motifs is 1. The van der Waals surface area contributed by atoms with E-state index in [0.29, 0.717) is 6.54 Å². The fourth-order valence-corrected chi connectivity index (χ4v) is 2.90. The zero-order chi connectivity index (χ0) is 13.4. The van der Waals surface area contributed by atoms with Gasteiger partial charge in [-0.3, -0.25) is 9.58 Å². The van der Waals surface area contributed by atoms with Crippen LogP contribution in [0.15, 0.2) is 30.5 Å². The van der Waals surface area contributed by atoms with Gasteiger partial charge in [0.15, 0.2) is 0 Å². The first-order chi connectivity index (χ1) is 9.20. The van der Waals surface area contributed by atoms with Gasteiger partial charge in [-0.15, -0.1) is 0 Å². The van der Waals surface area contributed by atoms with Gasteiger partial charge in [-0.2, -0.15) is 5.10 Å². The molecule has 2 aromatic rings. The Morgan fingerprint density at radius 3 is 2.37 bits per heavy atom. The number of aryl methyl sites for hydroxylation is 1. The first kappa shape index (κ1) is 12.4. The van der Waals surface area contributed by atoms with Crippen LogP contribution < -0.4 is 5.73 Å². The SMILES string of the molecule is Cc1c(C(CN)N2Cc3ccccc3C2)cnn1C. The summed E-state index contributed by atoms with van der Waals surface area (Å²) < 4.78 is 1.92. The lowest BCUT2D eigenvalue weighted by Crippen LogP contribution is -2.30. The van der Waals surface area contributed by atoms with Gasteiger partial charge in [-0.1, -0.05) is 24.3 Å². The summed E-state index contributed by atoms with van der Waals surface area (Å²) in [7, 11) is 1.98. The first-order valence-corrected chi connectivity index (χ1v) is 6.70. The monoisotopic (exact) mass is 256 g/mol. The van der Waals surface area contributed by atoms with Crippen LogP contribution in [-0.2, 0) is 20.1 Å². The molecule has 2 N–H and O–H groups in total. The number of nitrogens with two attached hydrogens (primary N) is 1. The van der Waals surface area contributed by atoms with Crippen LogP contribution in [0.5, 0.6) is 0 Å². The Bertz CT molecular complexity index is 563. The molecule has 1 unspecified atom stereocenters. The van der Waals surface area contributed by atoms with E-state index < -0.39 is 0 Å². The second kappa shape index (κ2) is 4.79. The maximum Gasteiger partial charge on any atom is 0.0540 e. The molecule has 0 saturated heterocycles. The fraction of sp³-hybridized carbons (Fsp3) is 0.400. The molecule has 1 aromatic carbocycles. The lowest BCUT2D eigenvalue weighted by atomic mass is 10.1. The molecule has 0 amide bonds. The molecule has 4 nitrogen and oxygen atoms in total. The number of benzene rings is 1. The summed E-state index contributed by atoms with van der Waals surface area (Å²) in [5.41, 5.74) is 11.3. The van der Waals surface area contributed by atoms with Crippen LogP contribution >= 0.6 is 0 Å². The minimum atomic E-state index is 0.251. The Morgan fingerprint density at radius 1 is 1.26 bits per heavy atom. The van der Waals surface area contributed by atoms with Crippen molar-refractivity contribution < 1.29 is 0 Å². The summed E-state index contributed by atoms with van der Waals surface area (Å²) in [6, 6.07) is 8.88. The summed E-state index contributed by atoms with van der Waals surface area (Å²) in [5.74, 6) is 0. The highest BCUT2D eigenvalue weighted by Crippen LogP contribution is 2.31. The van der Waals surface area contributed by atoms with Crippen molar-refractivity contribution in [3.05, 3.63) is 52.8 Å². The van der Waals surface area contributed by atoms with Crippen molar-refractivity contribution in [3.63, 3.8) is 0 Å². The summed E-state index contributed by atoms with van der Waals surface area (Å²) >= 11 is 0. The van der Waals surface area contributed by atoms with Crippen LogP contribution in [0.3, 0.4) is 0 Å². The summed E-state index contributed by atoms with van der Waals surface area (Å²) in [4.78, 5) is 2.44. The van der Waals surface area contributed by atoms with Crippen molar-refractivity contribution >= 4 is 0 Å². The molecule has 0 fully saturated rings. The lowest BCUT2D eigenvalue weighted by Gasteiger charge is -2.26. The molecule has 2 heterocycles. The van der Waals surface area contributed by atoms with Gasteiger partial charge in [0.25, 0.3) is 0 Å². The van der Waals surface area contributed by atoms with Crippen LogP contribution in [-0.4, -0.2) is 21.2 Å². The number of aromatic nitrogens is 2. The van der Waals surface area contributed by atoms with Crippen LogP contribution in [0.4, 0.5) is 0 Å². The van der Waals surface area contributed by atoms with Crippen molar-refractivity contribution in [2.45, 2.75) is 26.1 Å². The molecule has 0 saturated carbocycles. The highest BCUT2D eigenvalue weighted by atomic mass is 15.3. The minimum Gasteiger partial charge on any atom is -0.329 e. The standard InChI is InChI=1S/C15H20N4/c1-11-14(8-17-18(11)2)15(7-16)19-9-12-5-3-4-6-13(12)10-19/h3-6,8,15H,7,9-10,16H2,1-2H3. The largest absolute Gasteiger partial charge is 0.329 e. The maximum atomic E-state index is 6.02. The van der Waals surface area contributed by atoms with E-state index >= 15 is 0 Å². The molecule has 1 aliphatic heterocycles. The smallest absolute Gasteiger partial charge is 0.0540 e. The summed E-state index contributed by atoms with van der Waals surface area (Å²) in [6.45, 7) is 4.69. The van der Waals surface area contributed by atoms with Crippen LogP contribution in [0.25, 0.3) is 0 Å². The molecule has 4 heteroatoms. The van der Waals surface area contributed by atoms with Gasteiger partial charge in [0.1, 0.15) is 0 Å². The van der Waals surface area contributed by atoms with E-state index in [2.05, 4.69) is 41.2 Å². The zero-order valence-electron chi connectivity index (χ0n) is 11.5. The highest BCUT2D eigenvalue weighted by molar-refractivity contribution is 5.32. The highest BCUT2D eigenvalue weighted by Gasteiger charge is 2.27. The first-order valence-electron chi connectivity index (χ1n) is 6.70. The average molecular weight is 256 g/mol. The molecule has 0 spiro atoms. The molecule has 0 aliphatic carbocycles. The lowest BCUT2D eigenvalue weighted by molar-refractivity contribution is 0.204. The van der Waals surface area contributed by atoms with Crippen LogP contribution in [0.1, 0.15) is 28.4 Å². The van der Waals surface area contributed by atoms with Gasteiger partial charge in [0, 0.05) is 37.9 Å². The molecule has 1 aliphatic rings. The molecule has 19 heavy (non-hydrogen) atoms. The third-order valence-corrected chi connectivity index (χ3v) is 4.16. The number of nitrogens with zero attached hydrogens (tertiary/aromatic N) is 3.